The van der Waals surface area contributed by atoms with Crippen LogP contribution in [0.2, 0.25) is 0 Å². The maximum absolute atomic E-state index is 13.7. The van der Waals surface area contributed by atoms with Gasteiger partial charge in [0.1, 0.15) is 17.7 Å². The summed E-state index contributed by atoms with van der Waals surface area (Å²) >= 11 is 0. The van der Waals surface area contributed by atoms with Crippen LogP contribution in [0.25, 0.3) is 0 Å². The summed E-state index contributed by atoms with van der Waals surface area (Å²) in [4.78, 5) is 55.0. The number of rotatable bonds is 7. The summed E-state index contributed by atoms with van der Waals surface area (Å²) in [6, 6.07) is 7.82. The molecule has 9 heteroatoms. The number of carbonyl (C=O) groups is 4. The molecule has 0 unspecified atom stereocenters. The van der Waals surface area contributed by atoms with Crippen molar-refractivity contribution in [2.45, 2.75) is 89.8 Å². The lowest BCUT2D eigenvalue weighted by molar-refractivity contribution is -0.144. The molecule has 0 radical (unpaired) electrons. The van der Waals surface area contributed by atoms with Crippen molar-refractivity contribution in [1.29, 1.82) is 0 Å². The van der Waals surface area contributed by atoms with E-state index in [1.165, 1.54) is 4.90 Å². The molecule has 0 aliphatic carbocycles. The Balaban J connectivity index is 1.77. The number of carboxylic acids is 1. The van der Waals surface area contributed by atoms with Crippen LogP contribution in [0.1, 0.15) is 72.3 Å². The lowest BCUT2D eigenvalue weighted by Crippen LogP contribution is -2.57. The number of aliphatic carboxylic acids is 1. The molecule has 1 aromatic carbocycles. The monoisotopic (exact) mass is 515 g/mol. The fraction of sp³-hybridized carbons (Fsp3) is 0.643. The third-order valence-electron chi connectivity index (χ3n) is 7.17. The third kappa shape index (κ3) is 6.81. The largest absolute Gasteiger partial charge is 0.480 e. The minimum absolute atomic E-state index is 0.105. The molecule has 3 rings (SSSR count). The van der Waals surface area contributed by atoms with Gasteiger partial charge in [0.15, 0.2) is 0 Å². The number of carbonyl (C=O) groups excluding carboxylic acids is 3. The van der Waals surface area contributed by atoms with Crippen molar-refractivity contribution in [3.8, 4) is 0 Å². The highest BCUT2D eigenvalue weighted by Gasteiger charge is 2.47. The number of nitrogens with zero attached hydrogens (tertiary/aromatic N) is 2. The summed E-state index contributed by atoms with van der Waals surface area (Å²) in [5.74, 6) is -1.40. The van der Waals surface area contributed by atoms with Gasteiger partial charge in [-0.2, -0.15) is 0 Å². The Kier molecular flexibility index (Phi) is 8.87. The Morgan fingerprint density at radius 2 is 1.70 bits per heavy atom. The number of piperidine rings is 1. The normalized spacial score (nSPS) is 20.4. The predicted molar refractivity (Wildman–Crippen MR) is 139 cm³/mol. The molecule has 37 heavy (non-hydrogen) atoms. The molecule has 2 saturated heterocycles. The van der Waals surface area contributed by atoms with Gasteiger partial charge in [-0.3, -0.25) is 14.5 Å². The topological polar surface area (TPSA) is 116 Å². The molecule has 2 N–H and O–H groups in total. The van der Waals surface area contributed by atoms with Crippen molar-refractivity contribution in [2.75, 3.05) is 19.6 Å². The lowest BCUT2D eigenvalue weighted by Gasteiger charge is -2.42. The first-order chi connectivity index (χ1) is 17.3. The van der Waals surface area contributed by atoms with Gasteiger partial charge < -0.3 is 20.1 Å². The quantitative estimate of drug-likeness (QED) is 0.574. The maximum Gasteiger partial charge on any atom is 0.410 e. The summed E-state index contributed by atoms with van der Waals surface area (Å²) in [6.07, 6.45) is 1.88. The van der Waals surface area contributed by atoms with Crippen LogP contribution in [0.15, 0.2) is 30.3 Å². The fourth-order valence-corrected chi connectivity index (χ4v) is 5.28. The van der Waals surface area contributed by atoms with E-state index < -0.39 is 35.2 Å². The molecule has 2 atom stereocenters. The Labute approximate surface area is 219 Å². The van der Waals surface area contributed by atoms with Gasteiger partial charge in [-0.25, -0.2) is 9.59 Å². The second-order valence-electron chi connectivity index (χ2n) is 11.6. The van der Waals surface area contributed by atoms with E-state index in [1.807, 2.05) is 44.2 Å². The number of likely N-dealkylation sites (tertiary alicyclic amines) is 2. The minimum Gasteiger partial charge on any atom is -0.480 e. The van der Waals surface area contributed by atoms with Crippen molar-refractivity contribution >= 4 is 23.9 Å². The Morgan fingerprint density at radius 1 is 1.08 bits per heavy atom. The van der Waals surface area contributed by atoms with Crippen molar-refractivity contribution in [3.05, 3.63) is 35.9 Å². The standard InChI is InChI=1S/C28H41N3O6/c1-19(2)18-21(24(33)34)29-25(35)28(20-10-7-6-8-11-20)13-16-30(17-14-28)23(32)22-12-9-15-31(22)26(36)37-27(3,4)5/h6-8,10-11,19,21-22H,9,12-18H2,1-5H3,(H,29,35)(H,33,34)/t21-,22-/m1/s1. The first-order valence-electron chi connectivity index (χ1n) is 13.2. The van der Waals surface area contributed by atoms with Crippen LogP contribution in [0.3, 0.4) is 0 Å². The van der Waals surface area contributed by atoms with Gasteiger partial charge in [0, 0.05) is 19.6 Å². The van der Waals surface area contributed by atoms with Crippen LogP contribution < -0.4 is 5.32 Å². The first-order valence-corrected chi connectivity index (χ1v) is 13.2. The highest BCUT2D eigenvalue weighted by Crippen LogP contribution is 2.37. The molecule has 0 bridgehead atoms. The van der Waals surface area contributed by atoms with Gasteiger partial charge in [-0.1, -0.05) is 44.2 Å². The number of hydrogen-bond donors (Lipinski definition) is 2. The molecule has 2 aliphatic rings. The highest BCUT2D eigenvalue weighted by molar-refractivity contribution is 5.92. The van der Waals surface area contributed by atoms with Crippen LogP contribution in [-0.4, -0.2) is 76.1 Å². The summed E-state index contributed by atoms with van der Waals surface area (Å²) in [5, 5.41) is 12.5. The van der Waals surface area contributed by atoms with Crippen molar-refractivity contribution < 1.29 is 29.0 Å². The molecule has 0 spiro atoms. The van der Waals surface area contributed by atoms with Crippen LogP contribution in [0.4, 0.5) is 4.79 Å². The van der Waals surface area contributed by atoms with E-state index in [0.29, 0.717) is 45.3 Å². The van der Waals surface area contributed by atoms with E-state index in [2.05, 4.69) is 5.32 Å². The second kappa shape index (κ2) is 11.5. The molecule has 3 amide bonds. The first kappa shape index (κ1) is 28.5. The zero-order chi connectivity index (χ0) is 27.4. The number of carboxylic acid groups (broad SMARTS) is 1. The minimum atomic E-state index is -1.05. The van der Waals surface area contributed by atoms with Gasteiger partial charge in [0.25, 0.3) is 0 Å². The predicted octanol–water partition coefficient (Wildman–Crippen LogP) is 3.56. The summed E-state index contributed by atoms with van der Waals surface area (Å²) in [6.45, 7) is 10.4. The Hall–Kier alpha value is -3.10. The van der Waals surface area contributed by atoms with Gasteiger partial charge >= 0.3 is 12.1 Å². The summed E-state index contributed by atoms with van der Waals surface area (Å²) in [5.41, 5.74) is -0.780. The van der Waals surface area contributed by atoms with Crippen LogP contribution in [-0.2, 0) is 24.5 Å². The van der Waals surface area contributed by atoms with Crippen LogP contribution >= 0.6 is 0 Å². The van der Waals surface area contributed by atoms with E-state index in [9.17, 15) is 24.3 Å². The van der Waals surface area contributed by atoms with Gasteiger partial charge in [-0.05, 0) is 64.4 Å². The summed E-state index contributed by atoms with van der Waals surface area (Å²) in [7, 11) is 0. The third-order valence-corrected chi connectivity index (χ3v) is 7.17. The summed E-state index contributed by atoms with van der Waals surface area (Å²) < 4.78 is 5.51. The zero-order valence-corrected chi connectivity index (χ0v) is 22.7. The maximum atomic E-state index is 13.7. The SMILES string of the molecule is CC(C)C[C@@H](NC(=O)C1(c2ccccc2)CCN(C(=O)[C@H]2CCCN2C(=O)OC(C)(C)C)CC1)C(=O)O. The van der Waals surface area contributed by atoms with E-state index in [0.717, 1.165) is 12.0 Å². The average Bonchev–Trinajstić information content (AvgIpc) is 3.32. The average molecular weight is 516 g/mol. The van der Waals surface area contributed by atoms with Crippen molar-refractivity contribution in [2.24, 2.45) is 5.92 Å². The molecular formula is C28H41N3O6. The highest BCUT2D eigenvalue weighted by atomic mass is 16.6. The number of ether oxygens (including phenoxy) is 1. The molecule has 2 fully saturated rings. The van der Waals surface area contributed by atoms with E-state index in [-0.39, 0.29) is 17.7 Å². The van der Waals surface area contributed by atoms with Crippen molar-refractivity contribution in [3.63, 3.8) is 0 Å². The number of amides is 3. The number of hydrogen-bond acceptors (Lipinski definition) is 5. The molecule has 0 saturated carbocycles. The van der Waals surface area contributed by atoms with E-state index in [1.54, 1.807) is 25.7 Å². The zero-order valence-electron chi connectivity index (χ0n) is 22.7. The van der Waals surface area contributed by atoms with Gasteiger partial charge in [-0.15, -0.1) is 0 Å². The number of benzene rings is 1. The molecule has 9 nitrogen and oxygen atoms in total. The fourth-order valence-electron chi connectivity index (χ4n) is 5.28. The van der Waals surface area contributed by atoms with Crippen molar-refractivity contribution in [1.82, 2.24) is 15.1 Å². The number of nitrogens with one attached hydrogen (secondary N) is 1. The second-order valence-corrected chi connectivity index (χ2v) is 11.6. The molecule has 2 aliphatic heterocycles. The van der Waals surface area contributed by atoms with Crippen LogP contribution in [0, 0.1) is 5.92 Å². The molecule has 0 aromatic heterocycles. The van der Waals surface area contributed by atoms with Crippen LogP contribution in [0.5, 0.6) is 0 Å². The molecular weight excluding hydrogens is 474 g/mol. The van der Waals surface area contributed by atoms with E-state index >= 15 is 0 Å². The Bertz CT molecular complexity index is 979. The molecule has 204 valence electrons. The molecule has 1 aromatic rings. The Morgan fingerprint density at radius 3 is 2.24 bits per heavy atom. The van der Waals surface area contributed by atoms with Gasteiger partial charge in [0.2, 0.25) is 11.8 Å². The smallest absolute Gasteiger partial charge is 0.410 e. The van der Waals surface area contributed by atoms with Gasteiger partial charge in [0.05, 0.1) is 5.41 Å². The van der Waals surface area contributed by atoms with E-state index in [4.69, 9.17) is 4.74 Å². The molecule has 2 heterocycles. The lowest BCUT2D eigenvalue weighted by atomic mass is 9.71.